The highest BCUT2D eigenvalue weighted by Crippen LogP contribution is 2.24. The van der Waals surface area contributed by atoms with Crippen molar-refractivity contribution in [3.05, 3.63) is 0 Å². The smallest absolute Gasteiger partial charge is 0.370 e. The summed E-state index contributed by atoms with van der Waals surface area (Å²) in [4.78, 5) is 20.6. The third-order valence-electron chi connectivity index (χ3n) is 2.39. The van der Waals surface area contributed by atoms with Gasteiger partial charge in [0.05, 0.1) is 0 Å². The molecule has 0 radical (unpaired) electrons. The van der Waals surface area contributed by atoms with E-state index in [4.69, 9.17) is 20.4 Å². The molecule has 0 rings (SSSR count). The second kappa shape index (κ2) is 6.07. The maximum absolute atomic E-state index is 10.4. The third-order valence-corrected chi connectivity index (χ3v) is 2.39. The molecule has 1 atom stereocenters. The van der Waals surface area contributed by atoms with Crippen LogP contribution in [0.4, 0.5) is 0 Å². The zero-order valence-corrected chi connectivity index (χ0v) is 9.35. The Hall–Kier alpha value is -1.26. The topological polar surface area (TPSA) is 176 Å². The van der Waals surface area contributed by atoms with Gasteiger partial charge in [-0.3, -0.25) is 4.79 Å². The summed E-state index contributed by atoms with van der Waals surface area (Å²) >= 11 is 0. The zero-order chi connectivity index (χ0) is 14.6. The summed E-state index contributed by atoms with van der Waals surface area (Å²) in [5.74, 6) is -11.0. The second-order valence-corrected chi connectivity index (χ2v) is 3.86. The molecule has 0 amide bonds. The van der Waals surface area contributed by atoms with Gasteiger partial charge in [0.1, 0.15) is 6.10 Å². The molecule has 0 aromatic heterocycles. The monoisotopic (exact) mass is 268 g/mol. The predicted molar refractivity (Wildman–Crippen MR) is 54.1 cm³/mol. The molecular weight excluding hydrogens is 252 g/mol. The first-order chi connectivity index (χ1) is 8.03. The summed E-state index contributed by atoms with van der Waals surface area (Å²) in [6.07, 6.45) is -2.63. The van der Waals surface area contributed by atoms with E-state index in [1.165, 1.54) is 0 Å². The molecule has 0 aliphatic rings. The van der Waals surface area contributed by atoms with Gasteiger partial charge in [-0.05, 0) is 12.8 Å². The minimum Gasteiger partial charge on any atom is -0.481 e. The summed E-state index contributed by atoms with van der Waals surface area (Å²) in [5, 5.41) is 62.2. The van der Waals surface area contributed by atoms with Gasteiger partial charge in [0, 0.05) is 6.42 Å². The average molecular weight is 268 g/mol. The molecule has 9 nitrogen and oxygen atoms in total. The van der Waals surface area contributed by atoms with E-state index in [0.717, 1.165) is 0 Å². The van der Waals surface area contributed by atoms with Crippen molar-refractivity contribution in [2.45, 2.75) is 43.4 Å². The molecular formula is C9H16O9. The van der Waals surface area contributed by atoms with Crippen molar-refractivity contribution >= 4 is 11.9 Å². The fourth-order valence-corrected chi connectivity index (χ4v) is 1.20. The molecule has 0 aliphatic carbocycles. The summed E-state index contributed by atoms with van der Waals surface area (Å²) in [5.41, 5.74) is 0. The maximum atomic E-state index is 10.4. The number of aliphatic carboxylic acids is 2. The highest BCUT2D eigenvalue weighted by molar-refractivity contribution is 5.76. The van der Waals surface area contributed by atoms with Crippen molar-refractivity contribution in [3.63, 3.8) is 0 Å². The molecule has 7 N–H and O–H groups in total. The van der Waals surface area contributed by atoms with Crippen molar-refractivity contribution in [1.29, 1.82) is 0 Å². The van der Waals surface area contributed by atoms with Crippen molar-refractivity contribution in [3.8, 4) is 0 Å². The Labute approximate surface area is 102 Å². The van der Waals surface area contributed by atoms with E-state index >= 15 is 0 Å². The van der Waals surface area contributed by atoms with Crippen LogP contribution in [0.15, 0.2) is 0 Å². The first-order valence-corrected chi connectivity index (χ1v) is 5.06. The normalized spacial score (nSPS) is 14.3. The lowest BCUT2D eigenvalue weighted by molar-refractivity contribution is -0.371. The quantitative estimate of drug-likeness (QED) is 0.184. The van der Waals surface area contributed by atoms with Gasteiger partial charge in [0.15, 0.2) is 0 Å². The van der Waals surface area contributed by atoms with E-state index in [-0.39, 0.29) is 19.3 Å². The fourth-order valence-electron chi connectivity index (χ4n) is 1.20. The van der Waals surface area contributed by atoms with Crippen molar-refractivity contribution in [2.75, 3.05) is 0 Å². The fraction of sp³-hybridized carbons (Fsp3) is 0.778. The highest BCUT2D eigenvalue weighted by Gasteiger charge is 2.58. The molecule has 0 spiro atoms. The highest BCUT2D eigenvalue weighted by atomic mass is 16.6. The van der Waals surface area contributed by atoms with E-state index in [2.05, 4.69) is 0 Å². The number of carboxylic acids is 2. The van der Waals surface area contributed by atoms with Crippen LogP contribution in [-0.4, -0.2) is 65.4 Å². The number of carbonyl (C=O) groups is 2. The van der Waals surface area contributed by atoms with Gasteiger partial charge in [-0.15, -0.1) is 0 Å². The van der Waals surface area contributed by atoms with Gasteiger partial charge in [0.2, 0.25) is 0 Å². The van der Waals surface area contributed by atoms with Gasteiger partial charge >= 0.3 is 17.7 Å². The van der Waals surface area contributed by atoms with E-state index in [9.17, 15) is 24.9 Å². The Morgan fingerprint density at radius 1 is 1.00 bits per heavy atom. The number of unbranched alkanes of at least 4 members (excludes halogenated alkanes) is 1. The number of rotatable bonds is 8. The van der Waals surface area contributed by atoms with E-state index in [1.54, 1.807) is 0 Å². The Morgan fingerprint density at radius 3 is 1.89 bits per heavy atom. The van der Waals surface area contributed by atoms with Crippen LogP contribution in [0, 0.1) is 0 Å². The molecule has 0 heterocycles. The van der Waals surface area contributed by atoms with Crippen molar-refractivity contribution < 1.29 is 45.3 Å². The first kappa shape index (κ1) is 16.7. The zero-order valence-electron chi connectivity index (χ0n) is 9.35. The minimum atomic E-state index is -3.93. The summed E-state index contributed by atoms with van der Waals surface area (Å²) in [7, 11) is 0. The first-order valence-electron chi connectivity index (χ1n) is 5.06. The standard InChI is InChI=1S/C9H16O9/c10-5(3-1-2-4-6(11)12)8(15,16)9(17,18)7(13)14/h5,10,15-18H,1-4H2,(H,11,12)(H,13,14). The maximum Gasteiger partial charge on any atom is 0.370 e. The molecule has 0 aromatic carbocycles. The number of hydrogen-bond donors (Lipinski definition) is 7. The van der Waals surface area contributed by atoms with Crippen LogP contribution in [0.1, 0.15) is 25.7 Å². The number of aliphatic hydroxyl groups is 5. The molecule has 18 heavy (non-hydrogen) atoms. The minimum absolute atomic E-state index is 0.0338. The summed E-state index contributed by atoms with van der Waals surface area (Å²) in [6.45, 7) is 0. The lowest BCUT2D eigenvalue weighted by atomic mass is 9.95. The Balaban J connectivity index is 4.43. The van der Waals surface area contributed by atoms with E-state index < -0.39 is 36.0 Å². The molecule has 9 heteroatoms. The summed E-state index contributed by atoms with van der Waals surface area (Å²) in [6, 6.07) is 0. The largest absolute Gasteiger partial charge is 0.481 e. The van der Waals surface area contributed by atoms with Crippen LogP contribution in [-0.2, 0) is 9.59 Å². The lowest BCUT2D eigenvalue weighted by Crippen LogP contribution is -2.65. The number of aliphatic hydroxyl groups excluding tert-OH is 1. The van der Waals surface area contributed by atoms with Crippen molar-refractivity contribution in [1.82, 2.24) is 0 Å². The SMILES string of the molecule is O=C(O)CCCCC(O)C(O)(O)C(O)(O)C(=O)O. The molecule has 0 bridgehead atoms. The van der Waals surface area contributed by atoms with Gasteiger partial charge in [-0.2, -0.15) is 0 Å². The van der Waals surface area contributed by atoms with Gasteiger partial charge in [-0.1, -0.05) is 6.42 Å². The van der Waals surface area contributed by atoms with Crippen LogP contribution in [0.3, 0.4) is 0 Å². The number of hydrogen-bond acceptors (Lipinski definition) is 7. The molecule has 0 aromatic rings. The molecule has 0 aliphatic heterocycles. The van der Waals surface area contributed by atoms with Crippen molar-refractivity contribution in [2.24, 2.45) is 0 Å². The van der Waals surface area contributed by atoms with E-state index in [1.807, 2.05) is 0 Å². The van der Waals surface area contributed by atoms with Gasteiger partial charge in [0.25, 0.3) is 5.79 Å². The van der Waals surface area contributed by atoms with Crippen LogP contribution in [0.5, 0.6) is 0 Å². The third kappa shape index (κ3) is 3.89. The predicted octanol–water partition coefficient (Wildman–Crippen LogP) is -2.56. The molecule has 0 fully saturated rings. The Morgan fingerprint density at radius 2 is 1.50 bits per heavy atom. The number of carboxylic acid groups (broad SMARTS) is 2. The van der Waals surface area contributed by atoms with Gasteiger partial charge < -0.3 is 35.7 Å². The van der Waals surface area contributed by atoms with Crippen LogP contribution in [0.25, 0.3) is 0 Å². The van der Waals surface area contributed by atoms with Crippen LogP contribution >= 0.6 is 0 Å². The molecule has 106 valence electrons. The summed E-state index contributed by atoms with van der Waals surface area (Å²) < 4.78 is 0. The Bertz CT molecular complexity index is 309. The van der Waals surface area contributed by atoms with E-state index in [0.29, 0.717) is 0 Å². The lowest BCUT2D eigenvalue weighted by Gasteiger charge is -2.34. The average Bonchev–Trinajstić information content (AvgIpc) is 2.23. The second-order valence-electron chi connectivity index (χ2n) is 3.86. The Kier molecular flexibility index (Phi) is 5.64. The van der Waals surface area contributed by atoms with Crippen LogP contribution in [0.2, 0.25) is 0 Å². The molecule has 1 unspecified atom stereocenters. The van der Waals surface area contributed by atoms with Crippen LogP contribution < -0.4 is 0 Å². The van der Waals surface area contributed by atoms with Gasteiger partial charge in [-0.25, -0.2) is 4.79 Å². The molecule has 0 saturated carbocycles. The molecule has 0 saturated heterocycles.